The molecule has 3 aromatic rings. The lowest BCUT2D eigenvalue weighted by atomic mass is 9.52. The van der Waals surface area contributed by atoms with Crippen LogP contribution in [0.25, 0.3) is 11.3 Å². The van der Waals surface area contributed by atoms with Crippen LogP contribution >= 0.6 is 0 Å². The number of nitrogens with zero attached hydrogens (tertiary/aromatic N) is 3. The van der Waals surface area contributed by atoms with Crippen LogP contribution in [0, 0.1) is 37.0 Å². The quantitative estimate of drug-likeness (QED) is 0.360. The fourth-order valence-corrected chi connectivity index (χ4v) is 8.81. The van der Waals surface area contributed by atoms with E-state index in [9.17, 15) is 8.42 Å². The number of likely N-dealkylation sites (tertiary alicyclic amines) is 1. The van der Waals surface area contributed by atoms with E-state index in [1.807, 2.05) is 50.2 Å². The SMILES string of the molecule is Cc1cccc(C)c1-c1cc2nc(n1)NS(=O)(=O)c1cccc(c1)C(C1CC3(CCN(C)CC3)C1)[C@H](CC(C)C)CO2. The van der Waals surface area contributed by atoms with Gasteiger partial charge in [-0.15, -0.1) is 0 Å². The number of piperidine rings is 1. The minimum atomic E-state index is -3.91. The van der Waals surface area contributed by atoms with Crippen molar-refractivity contribution < 1.29 is 13.2 Å². The number of hydrogen-bond acceptors (Lipinski definition) is 6. The Balaban J connectivity index is 1.42. The van der Waals surface area contributed by atoms with Crippen LogP contribution in [0.3, 0.4) is 0 Å². The molecule has 4 bridgehead atoms. The number of aromatic nitrogens is 2. The summed E-state index contributed by atoms with van der Waals surface area (Å²) in [5.41, 5.74) is 5.27. The maximum atomic E-state index is 13.7. The molecule has 2 aromatic carbocycles. The van der Waals surface area contributed by atoms with E-state index in [-0.39, 0.29) is 22.7 Å². The van der Waals surface area contributed by atoms with Crippen molar-refractivity contribution in [2.24, 2.45) is 23.2 Å². The average Bonchev–Trinajstić information content (AvgIpc) is 2.91. The Morgan fingerprint density at radius 1 is 1.02 bits per heavy atom. The van der Waals surface area contributed by atoms with Crippen molar-refractivity contribution in [3.8, 4) is 17.1 Å². The van der Waals surface area contributed by atoms with Crippen molar-refractivity contribution >= 4 is 16.0 Å². The van der Waals surface area contributed by atoms with Gasteiger partial charge in [0.15, 0.2) is 0 Å². The van der Waals surface area contributed by atoms with Gasteiger partial charge in [-0.1, -0.05) is 44.2 Å². The molecule has 7 nitrogen and oxygen atoms in total. The predicted octanol–water partition coefficient (Wildman–Crippen LogP) is 6.82. The molecule has 2 atom stereocenters. The highest BCUT2D eigenvalue weighted by molar-refractivity contribution is 7.92. The number of anilines is 1. The topological polar surface area (TPSA) is 84.4 Å². The Labute approximate surface area is 251 Å². The lowest BCUT2D eigenvalue weighted by Gasteiger charge is -2.55. The first-order chi connectivity index (χ1) is 20.0. The van der Waals surface area contributed by atoms with E-state index in [0.717, 1.165) is 41.8 Å². The van der Waals surface area contributed by atoms with Crippen LogP contribution in [0.2, 0.25) is 0 Å². The van der Waals surface area contributed by atoms with Crippen LogP contribution in [0.1, 0.15) is 68.6 Å². The van der Waals surface area contributed by atoms with E-state index in [2.05, 4.69) is 46.6 Å². The van der Waals surface area contributed by atoms with Crippen molar-refractivity contribution in [2.45, 2.75) is 70.6 Å². The number of ether oxygens (including phenoxy) is 1. The van der Waals surface area contributed by atoms with Crippen molar-refractivity contribution in [3.05, 3.63) is 65.2 Å². The molecule has 1 unspecified atom stereocenters. The van der Waals surface area contributed by atoms with Gasteiger partial charge in [-0.25, -0.2) is 18.1 Å². The Bertz CT molecular complexity index is 1530. The number of nitrogens with one attached hydrogen (secondary N) is 1. The molecule has 2 aliphatic heterocycles. The molecule has 1 spiro atoms. The highest BCUT2D eigenvalue weighted by Crippen LogP contribution is 2.58. The third kappa shape index (κ3) is 5.80. The molecule has 6 rings (SSSR count). The average molecular weight is 589 g/mol. The van der Waals surface area contributed by atoms with Gasteiger partial charge in [0.2, 0.25) is 11.8 Å². The van der Waals surface area contributed by atoms with Gasteiger partial charge < -0.3 is 9.64 Å². The van der Waals surface area contributed by atoms with Crippen LogP contribution in [-0.4, -0.2) is 50.0 Å². The normalized spacial score (nSPS) is 23.8. The monoisotopic (exact) mass is 588 g/mol. The minimum absolute atomic E-state index is 0.0243. The standard InChI is InChI=1S/C34H44N4O3S/c1-22(2)16-26-21-41-30-18-29(31-23(3)8-6-9-24(31)4)35-33(36-30)37-42(39,40)28-11-7-10-25(17-28)32(26)27-19-34(20-27)12-14-38(5)15-13-34/h6-11,17-18,22,26-27,32H,12-16,19-21H2,1-5H3,(H,35,36,37)/t26-,32?/m1/s1. The second-order valence-corrected chi connectivity index (χ2v) is 15.2. The zero-order valence-electron chi connectivity index (χ0n) is 25.6. The van der Waals surface area contributed by atoms with E-state index in [4.69, 9.17) is 4.74 Å². The lowest BCUT2D eigenvalue weighted by Crippen LogP contribution is -2.48. The van der Waals surface area contributed by atoms with Gasteiger partial charge in [-0.2, -0.15) is 4.98 Å². The summed E-state index contributed by atoms with van der Waals surface area (Å²) in [6.07, 6.45) is 5.89. The van der Waals surface area contributed by atoms with Gasteiger partial charge in [-0.05, 0) is 118 Å². The maximum Gasteiger partial charge on any atom is 0.264 e. The zero-order chi connectivity index (χ0) is 29.6. The summed E-state index contributed by atoms with van der Waals surface area (Å²) < 4.78 is 36.6. The van der Waals surface area contributed by atoms with E-state index in [1.165, 1.54) is 25.7 Å². The van der Waals surface area contributed by atoms with Gasteiger partial charge >= 0.3 is 0 Å². The van der Waals surface area contributed by atoms with Gasteiger partial charge in [0, 0.05) is 17.5 Å². The Kier molecular flexibility index (Phi) is 7.81. The van der Waals surface area contributed by atoms with E-state index in [1.54, 1.807) is 6.07 Å². The van der Waals surface area contributed by atoms with Crippen LogP contribution < -0.4 is 9.46 Å². The maximum absolute atomic E-state index is 13.7. The van der Waals surface area contributed by atoms with Crippen LogP contribution in [0.15, 0.2) is 53.4 Å². The summed E-state index contributed by atoms with van der Waals surface area (Å²) in [6.45, 7) is 11.4. The number of benzene rings is 2. The number of fused-ring (bicyclic) bond motifs is 4. The molecule has 42 heavy (non-hydrogen) atoms. The predicted molar refractivity (Wildman–Crippen MR) is 167 cm³/mol. The van der Waals surface area contributed by atoms with Gasteiger partial charge in [0.1, 0.15) is 0 Å². The molecule has 2 fully saturated rings. The molecule has 0 radical (unpaired) electrons. The first-order valence-corrected chi connectivity index (χ1v) is 16.9. The summed E-state index contributed by atoms with van der Waals surface area (Å²) in [6, 6.07) is 15.5. The summed E-state index contributed by atoms with van der Waals surface area (Å²) >= 11 is 0. The fraction of sp³-hybridized carbons (Fsp3) is 0.529. The highest BCUT2D eigenvalue weighted by atomic mass is 32.2. The van der Waals surface area contributed by atoms with Crippen LogP contribution in [0.5, 0.6) is 5.88 Å². The molecular weight excluding hydrogens is 544 g/mol. The first kappa shape index (κ1) is 29.1. The van der Waals surface area contributed by atoms with E-state index in [0.29, 0.717) is 35.4 Å². The van der Waals surface area contributed by atoms with E-state index < -0.39 is 10.0 Å². The van der Waals surface area contributed by atoms with Crippen LogP contribution in [-0.2, 0) is 10.0 Å². The molecule has 0 amide bonds. The molecule has 1 saturated carbocycles. The first-order valence-electron chi connectivity index (χ1n) is 15.4. The minimum Gasteiger partial charge on any atom is -0.477 e. The summed E-state index contributed by atoms with van der Waals surface area (Å²) in [5.74, 6) is 1.85. The highest BCUT2D eigenvalue weighted by Gasteiger charge is 2.50. The van der Waals surface area contributed by atoms with Gasteiger partial charge in [-0.3, -0.25) is 0 Å². The van der Waals surface area contributed by atoms with Crippen LogP contribution in [0.4, 0.5) is 5.95 Å². The van der Waals surface area contributed by atoms with E-state index >= 15 is 0 Å². The molecule has 8 heteroatoms. The third-order valence-corrected chi connectivity index (χ3v) is 11.2. The second kappa shape index (κ2) is 11.3. The van der Waals surface area contributed by atoms with Crippen molar-refractivity contribution in [3.63, 3.8) is 0 Å². The van der Waals surface area contributed by atoms with Crippen molar-refractivity contribution in [2.75, 3.05) is 31.5 Å². The van der Waals surface area contributed by atoms with Crippen molar-refractivity contribution in [1.82, 2.24) is 14.9 Å². The van der Waals surface area contributed by atoms with Gasteiger partial charge in [0.25, 0.3) is 10.0 Å². The molecule has 3 aliphatic rings. The second-order valence-electron chi connectivity index (χ2n) is 13.6. The number of aryl methyl sites for hydroxylation is 2. The fourth-order valence-electron chi connectivity index (χ4n) is 7.81. The summed E-state index contributed by atoms with van der Waals surface area (Å²) in [4.78, 5) is 11.9. The molecule has 1 N–H and O–H groups in total. The third-order valence-electron chi connectivity index (χ3n) is 9.89. The largest absolute Gasteiger partial charge is 0.477 e. The molecule has 1 aromatic heterocycles. The Morgan fingerprint density at radius 3 is 2.40 bits per heavy atom. The van der Waals surface area contributed by atoms with Crippen molar-refractivity contribution in [1.29, 1.82) is 0 Å². The zero-order valence-corrected chi connectivity index (χ0v) is 26.4. The molecule has 1 aliphatic carbocycles. The number of hydrogen-bond donors (Lipinski definition) is 1. The molecule has 3 heterocycles. The molecular formula is C34H44N4O3S. The smallest absolute Gasteiger partial charge is 0.264 e. The number of sulfonamides is 1. The van der Waals surface area contributed by atoms with Gasteiger partial charge in [0.05, 0.1) is 17.2 Å². The Morgan fingerprint density at radius 2 is 1.71 bits per heavy atom. The molecule has 1 saturated heterocycles. The summed E-state index contributed by atoms with van der Waals surface area (Å²) in [5, 5.41) is 0. The molecule has 224 valence electrons. The summed E-state index contributed by atoms with van der Waals surface area (Å²) in [7, 11) is -1.70. The number of rotatable bonds is 4. The lowest BCUT2D eigenvalue weighted by molar-refractivity contribution is -0.0320. The Hall–Kier alpha value is -2.97.